The van der Waals surface area contributed by atoms with Gasteiger partial charge in [0.25, 0.3) is 0 Å². The fourth-order valence-corrected chi connectivity index (χ4v) is 4.23. The molecule has 0 aliphatic carbocycles. The number of nitrogens with one attached hydrogen (secondary N) is 1. The third kappa shape index (κ3) is 2.40. The van der Waals surface area contributed by atoms with Gasteiger partial charge in [0.15, 0.2) is 0 Å². The Morgan fingerprint density at radius 2 is 1.80 bits per heavy atom. The van der Waals surface area contributed by atoms with Gasteiger partial charge < -0.3 is 5.32 Å². The van der Waals surface area contributed by atoms with E-state index in [1.165, 1.54) is 19.1 Å². The number of halogens is 2. The summed E-state index contributed by atoms with van der Waals surface area (Å²) >= 11 is 1.61. The molecule has 1 N–H and O–H groups in total. The smallest absolute Gasteiger partial charge is 0.129 e. The Balaban J connectivity index is 2.08. The van der Waals surface area contributed by atoms with Crippen molar-refractivity contribution in [3.05, 3.63) is 69.9 Å². The summed E-state index contributed by atoms with van der Waals surface area (Å²) in [5, 5.41) is 5.35. The monoisotopic (exact) mass is 353 g/mol. The van der Waals surface area contributed by atoms with E-state index in [-0.39, 0.29) is 5.56 Å². The summed E-state index contributed by atoms with van der Waals surface area (Å²) in [5.41, 5.74) is 6.40. The Hall–Kier alpha value is -2.46. The normalized spacial score (nSPS) is 12.6. The van der Waals surface area contributed by atoms with Gasteiger partial charge in [-0.05, 0) is 59.7 Å². The summed E-state index contributed by atoms with van der Waals surface area (Å²) < 4.78 is 28.4. The van der Waals surface area contributed by atoms with Gasteiger partial charge in [0.05, 0.1) is 4.88 Å². The van der Waals surface area contributed by atoms with E-state index in [0.717, 1.165) is 44.9 Å². The van der Waals surface area contributed by atoms with Crippen molar-refractivity contribution in [2.24, 2.45) is 0 Å². The zero-order chi connectivity index (χ0) is 17.7. The fourth-order valence-electron chi connectivity index (χ4n) is 3.40. The van der Waals surface area contributed by atoms with Crippen LogP contribution in [0.2, 0.25) is 0 Å². The molecule has 1 nitrogen and oxygen atoms in total. The quantitative estimate of drug-likeness (QED) is 0.545. The van der Waals surface area contributed by atoms with Crippen molar-refractivity contribution >= 4 is 22.7 Å². The predicted octanol–water partition coefficient (Wildman–Crippen LogP) is 6.63. The minimum Gasteiger partial charge on any atom is -0.354 e. The molecule has 0 unspecified atom stereocenters. The topological polar surface area (TPSA) is 12.0 Å². The summed E-state index contributed by atoms with van der Waals surface area (Å²) in [7, 11) is 0. The van der Waals surface area contributed by atoms with Crippen LogP contribution in [0.3, 0.4) is 0 Å². The van der Waals surface area contributed by atoms with Gasteiger partial charge in [-0.25, -0.2) is 8.78 Å². The zero-order valence-corrected chi connectivity index (χ0v) is 14.9. The molecule has 4 rings (SSSR count). The lowest BCUT2D eigenvalue weighted by Crippen LogP contribution is -2.07. The van der Waals surface area contributed by atoms with Gasteiger partial charge >= 0.3 is 0 Å². The van der Waals surface area contributed by atoms with Crippen LogP contribution in [0.4, 0.5) is 14.5 Å². The average molecular weight is 353 g/mol. The highest BCUT2D eigenvalue weighted by Crippen LogP contribution is 2.48. The standard InChI is InChI=1S/C21H17F2NS/c1-4-13-5-6-18-20(15-7-8-25-21(15)12(3)24-18)19(13)14-9-16(22)11(2)17(23)10-14/h5-10,24H,3-4H2,1-2H3. The Morgan fingerprint density at radius 3 is 2.48 bits per heavy atom. The van der Waals surface area contributed by atoms with Crippen LogP contribution in [0, 0.1) is 18.6 Å². The van der Waals surface area contributed by atoms with Crippen LogP contribution < -0.4 is 5.32 Å². The van der Waals surface area contributed by atoms with Gasteiger partial charge in [0.2, 0.25) is 0 Å². The molecule has 3 aromatic rings. The molecule has 0 fully saturated rings. The lowest BCUT2D eigenvalue weighted by molar-refractivity contribution is 0.569. The van der Waals surface area contributed by atoms with Gasteiger partial charge in [0.1, 0.15) is 11.6 Å². The molecule has 25 heavy (non-hydrogen) atoms. The molecule has 2 aromatic carbocycles. The summed E-state index contributed by atoms with van der Waals surface area (Å²) in [6.45, 7) is 7.60. The van der Waals surface area contributed by atoms with Crippen molar-refractivity contribution in [1.29, 1.82) is 0 Å². The van der Waals surface area contributed by atoms with Crippen LogP contribution in [0.5, 0.6) is 0 Å². The van der Waals surface area contributed by atoms with E-state index < -0.39 is 11.6 Å². The molecule has 2 heterocycles. The van der Waals surface area contributed by atoms with Crippen molar-refractivity contribution in [3.8, 4) is 22.3 Å². The lowest BCUT2D eigenvalue weighted by atomic mass is 9.86. The van der Waals surface area contributed by atoms with Crippen LogP contribution >= 0.6 is 11.3 Å². The van der Waals surface area contributed by atoms with Crippen LogP contribution in [0.1, 0.15) is 22.9 Å². The molecular weight excluding hydrogens is 336 g/mol. The number of fused-ring (bicyclic) bond motifs is 3. The maximum atomic E-state index is 14.2. The molecule has 0 amide bonds. The molecular formula is C21H17F2NS. The largest absolute Gasteiger partial charge is 0.354 e. The number of aryl methyl sites for hydroxylation is 1. The van der Waals surface area contributed by atoms with E-state index >= 15 is 0 Å². The van der Waals surface area contributed by atoms with E-state index in [2.05, 4.69) is 24.9 Å². The van der Waals surface area contributed by atoms with Crippen molar-refractivity contribution < 1.29 is 8.78 Å². The minimum atomic E-state index is -0.520. The number of rotatable bonds is 2. The second-order valence-corrected chi connectivity index (χ2v) is 7.12. The Morgan fingerprint density at radius 1 is 1.08 bits per heavy atom. The summed E-state index contributed by atoms with van der Waals surface area (Å²) in [6.07, 6.45) is 0.778. The van der Waals surface area contributed by atoms with E-state index in [4.69, 9.17) is 0 Å². The number of anilines is 1. The number of thiophene rings is 1. The summed E-state index contributed by atoms with van der Waals surface area (Å²) in [4.78, 5) is 1.06. The van der Waals surface area contributed by atoms with Crippen molar-refractivity contribution in [2.45, 2.75) is 20.3 Å². The highest BCUT2D eigenvalue weighted by Gasteiger charge is 2.25. The molecule has 0 radical (unpaired) electrons. The first-order valence-electron chi connectivity index (χ1n) is 8.17. The maximum absolute atomic E-state index is 14.2. The van der Waals surface area contributed by atoms with E-state index in [0.29, 0.717) is 5.56 Å². The number of hydrogen-bond acceptors (Lipinski definition) is 2. The molecule has 1 aromatic heterocycles. The molecule has 0 bridgehead atoms. The molecule has 0 saturated carbocycles. The molecule has 0 saturated heterocycles. The summed E-state index contributed by atoms with van der Waals surface area (Å²) in [6, 6.07) is 8.95. The zero-order valence-electron chi connectivity index (χ0n) is 14.0. The van der Waals surface area contributed by atoms with Gasteiger partial charge in [-0.1, -0.05) is 19.6 Å². The third-order valence-electron chi connectivity index (χ3n) is 4.74. The lowest BCUT2D eigenvalue weighted by Gasteiger charge is -2.25. The first-order chi connectivity index (χ1) is 12.0. The Kier molecular flexibility index (Phi) is 3.73. The third-order valence-corrected chi connectivity index (χ3v) is 5.71. The van der Waals surface area contributed by atoms with Gasteiger partial charge in [-0.2, -0.15) is 0 Å². The fraction of sp³-hybridized carbons (Fsp3) is 0.143. The van der Waals surface area contributed by atoms with Crippen LogP contribution in [0.25, 0.3) is 28.0 Å². The molecule has 0 atom stereocenters. The first-order valence-corrected chi connectivity index (χ1v) is 9.05. The van der Waals surface area contributed by atoms with E-state index in [1.54, 1.807) is 11.3 Å². The van der Waals surface area contributed by atoms with Crippen molar-refractivity contribution in [2.75, 3.05) is 5.32 Å². The van der Waals surface area contributed by atoms with Crippen LogP contribution in [-0.4, -0.2) is 0 Å². The van der Waals surface area contributed by atoms with E-state index in [9.17, 15) is 8.78 Å². The number of benzene rings is 2. The van der Waals surface area contributed by atoms with Gasteiger partial charge in [0, 0.05) is 28.1 Å². The Bertz CT molecular complexity index is 994. The van der Waals surface area contributed by atoms with Gasteiger partial charge in [-0.15, -0.1) is 11.3 Å². The molecule has 1 aliphatic rings. The second-order valence-electron chi connectivity index (χ2n) is 6.21. The maximum Gasteiger partial charge on any atom is 0.129 e. The second kappa shape index (κ2) is 5.81. The van der Waals surface area contributed by atoms with Crippen LogP contribution in [0.15, 0.2) is 42.3 Å². The SMILES string of the molecule is C=C1Nc2ccc(CC)c(-c3cc(F)c(C)c(F)c3)c2-c2ccsc21. The first kappa shape index (κ1) is 16.0. The van der Waals surface area contributed by atoms with Crippen LogP contribution in [-0.2, 0) is 6.42 Å². The van der Waals surface area contributed by atoms with E-state index in [1.807, 2.05) is 17.5 Å². The van der Waals surface area contributed by atoms with Gasteiger partial charge in [-0.3, -0.25) is 0 Å². The molecule has 4 heteroatoms. The predicted molar refractivity (Wildman–Crippen MR) is 102 cm³/mol. The number of hydrogen-bond donors (Lipinski definition) is 1. The average Bonchev–Trinajstić information content (AvgIpc) is 3.09. The molecule has 0 spiro atoms. The molecule has 126 valence electrons. The highest BCUT2D eigenvalue weighted by molar-refractivity contribution is 7.11. The molecule has 1 aliphatic heterocycles. The summed E-state index contributed by atoms with van der Waals surface area (Å²) in [5.74, 6) is -1.04. The minimum absolute atomic E-state index is 0.0503. The van der Waals surface area contributed by atoms with Crippen molar-refractivity contribution in [1.82, 2.24) is 0 Å². The Labute approximate surface area is 149 Å². The highest BCUT2D eigenvalue weighted by atomic mass is 32.1. The van der Waals surface area contributed by atoms with Crippen molar-refractivity contribution in [3.63, 3.8) is 0 Å².